The van der Waals surface area contributed by atoms with Crippen LogP contribution in [0.3, 0.4) is 0 Å². The highest BCUT2D eigenvalue weighted by atomic mass is 35.5. The minimum atomic E-state index is -0.933. The van der Waals surface area contributed by atoms with Gasteiger partial charge in [-0.25, -0.2) is 18.5 Å². The van der Waals surface area contributed by atoms with Gasteiger partial charge in [-0.05, 0) is 43.7 Å². The molecule has 0 aliphatic heterocycles. The first-order chi connectivity index (χ1) is 15.7. The number of nitrogens with zero attached hydrogens (tertiary/aromatic N) is 3. The Morgan fingerprint density at radius 2 is 1.88 bits per heavy atom. The molecule has 0 aliphatic carbocycles. The minimum absolute atomic E-state index is 0.0134. The van der Waals surface area contributed by atoms with Gasteiger partial charge in [0.05, 0.1) is 25.7 Å². The zero-order valence-electron chi connectivity index (χ0n) is 18.0. The molecular weight excluding hydrogens is 453 g/mol. The van der Waals surface area contributed by atoms with E-state index in [1.807, 2.05) is 0 Å². The van der Waals surface area contributed by atoms with Gasteiger partial charge in [0, 0.05) is 16.8 Å². The van der Waals surface area contributed by atoms with E-state index in [0.29, 0.717) is 15.2 Å². The van der Waals surface area contributed by atoms with Crippen LogP contribution in [0.25, 0.3) is 0 Å². The van der Waals surface area contributed by atoms with Gasteiger partial charge in [0.2, 0.25) is 5.95 Å². The van der Waals surface area contributed by atoms with Gasteiger partial charge in [0.25, 0.3) is 0 Å². The van der Waals surface area contributed by atoms with Gasteiger partial charge in [-0.2, -0.15) is 4.98 Å². The summed E-state index contributed by atoms with van der Waals surface area (Å²) in [6.45, 7) is 2.73. The van der Waals surface area contributed by atoms with Crippen molar-refractivity contribution in [1.29, 1.82) is 0 Å². The number of Topliss-reactive ketones (excluding diaryl/α,β-unsaturated/α-hetero) is 1. The topological polar surface area (TPSA) is 121 Å². The van der Waals surface area contributed by atoms with Crippen LogP contribution in [-0.4, -0.2) is 32.6 Å². The minimum Gasteiger partial charge on any atom is -0.488 e. The molecule has 0 amide bonds. The van der Waals surface area contributed by atoms with Crippen molar-refractivity contribution in [2.75, 3.05) is 11.9 Å². The van der Waals surface area contributed by atoms with E-state index in [1.54, 1.807) is 38.1 Å². The van der Waals surface area contributed by atoms with Crippen LogP contribution in [0.5, 0.6) is 5.75 Å². The van der Waals surface area contributed by atoms with Crippen molar-refractivity contribution >= 4 is 29.0 Å². The van der Waals surface area contributed by atoms with Crippen LogP contribution in [0.15, 0.2) is 52.1 Å². The molecule has 9 nitrogen and oxygen atoms in total. The van der Waals surface area contributed by atoms with Crippen molar-refractivity contribution in [3.05, 3.63) is 79.8 Å². The summed E-state index contributed by atoms with van der Waals surface area (Å²) in [6.07, 6.45) is -0.214. The number of hydrogen-bond acceptors (Lipinski definition) is 7. The highest BCUT2D eigenvalue weighted by molar-refractivity contribution is 6.30. The number of rotatable bonds is 9. The summed E-state index contributed by atoms with van der Waals surface area (Å²) >= 11 is 5.93. The number of hydrogen-bond donors (Lipinski definition) is 2. The third-order valence-electron chi connectivity index (χ3n) is 4.52. The monoisotopic (exact) mass is 475 g/mol. The van der Waals surface area contributed by atoms with E-state index >= 15 is 0 Å². The molecule has 33 heavy (non-hydrogen) atoms. The van der Waals surface area contributed by atoms with E-state index in [9.17, 15) is 18.8 Å². The first kappa shape index (κ1) is 24.1. The molecule has 11 heteroatoms. The highest BCUT2D eigenvalue weighted by Gasteiger charge is 2.17. The fraction of sp³-hybridized carbons (Fsp3) is 0.273. The molecule has 0 aliphatic rings. The van der Waals surface area contributed by atoms with Crippen LogP contribution in [-0.2, 0) is 17.9 Å². The number of benzene rings is 2. The molecule has 0 spiro atoms. The summed E-state index contributed by atoms with van der Waals surface area (Å²) in [6, 6.07) is 10.8. The molecule has 174 valence electrons. The maximum Gasteiger partial charge on any atom is 0.355 e. The Morgan fingerprint density at radius 1 is 1.18 bits per heavy atom. The number of carbonyl (C=O) groups excluding carboxylic acids is 1. The Hall–Kier alpha value is -3.50. The van der Waals surface area contributed by atoms with E-state index in [0.717, 1.165) is 0 Å². The standard InChI is InChI=1S/C22H23ClFN5O4/c1-13(2)33-19-8-7-16(9-18(19)24)26-20-27-21(31)29(12-17(30)10-25)22(32)28(20)11-14-3-5-15(23)6-4-14/h3-9,13H,10-12,25H2,1-2H3,(H,26,27,31). The maximum atomic E-state index is 14.4. The molecule has 0 fully saturated rings. The summed E-state index contributed by atoms with van der Waals surface area (Å²) < 4.78 is 21.7. The summed E-state index contributed by atoms with van der Waals surface area (Å²) in [5.74, 6) is -1.18. The normalized spacial score (nSPS) is 11.0. The second kappa shape index (κ2) is 10.4. The van der Waals surface area contributed by atoms with Crippen LogP contribution in [0, 0.1) is 5.82 Å². The third-order valence-corrected chi connectivity index (χ3v) is 4.77. The molecule has 0 unspecified atom stereocenters. The molecule has 0 saturated carbocycles. The zero-order valence-corrected chi connectivity index (χ0v) is 18.8. The van der Waals surface area contributed by atoms with E-state index in [4.69, 9.17) is 22.1 Å². The summed E-state index contributed by atoms with van der Waals surface area (Å²) in [5.41, 5.74) is 4.55. The fourth-order valence-corrected chi connectivity index (χ4v) is 3.10. The number of ketones is 1. The van der Waals surface area contributed by atoms with Gasteiger partial charge < -0.3 is 15.8 Å². The second-order valence-corrected chi connectivity index (χ2v) is 7.92. The maximum absolute atomic E-state index is 14.4. The van der Waals surface area contributed by atoms with Crippen molar-refractivity contribution in [2.45, 2.75) is 33.0 Å². The molecule has 0 saturated heterocycles. The molecular formula is C22H23ClFN5O4. The van der Waals surface area contributed by atoms with Crippen molar-refractivity contribution in [3.8, 4) is 5.75 Å². The van der Waals surface area contributed by atoms with E-state index in [1.165, 1.54) is 22.8 Å². The Balaban J connectivity index is 2.04. The Kier molecular flexibility index (Phi) is 7.62. The smallest absolute Gasteiger partial charge is 0.355 e. The van der Waals surface area contributed by atoms with E-state index in [2.05, 4.69) is 10.3 Å². The van der Waals surface area contributed by atoms with Crippen LogP contribution in [0.4, 0.5) is 16.0 Å². The number of carbonyl (C=O) groups is 1. The highest BCUT2D eigenvalue weighted by Crippen LogP contribution is 2.24. The largest absolute Gasteiger partial charge is 0.488 e. The third kappa shape index (κ3) is 6.05. The van der Waals surface area contributed by atoms with Gasteiger partial charge in [-0.1, -0.05) is 23.7 Å². The van der Waals surface area contributed by atoms with E-state index < -0.39 is 29.5 Å². The van der Waals surface area contributed by atoms with Crippen molar-refractivity contribution in [3.63, 3.8) is 0 Å². The lowest BCUT2D eigenvalue weighted by Crippen LogP contribution is -2.44. The van der Waals surface area contributed by atoms with Crippen molar-refractivity contribution in [2.24, 2.45) is 5.73 Å². The fourth-order valence-electron chi connectivity index (χ4n) is 2.97. The number of aromatic nitrogens is 3. The molecule has 1 aromatic heterocycles. The second-order valence-electron chi connectivity index (χ2n) is 7.48. The van der Waals surface area contributed by atoms with Crippen LogP contribution in [0.1, 0.15) is 19.4 Å². The van der Waals surface area contributed by atoms with Gasteiger partial charge >= 0.3 is 11.4 Å². The predicted molar refractivity (Wildman–Crippen MR) is 123 cm³/mol. The van der Waals surface area contributed by atoms with Crippen molar-refractivity contribution in [1.82, 2.24) is 14.1 Å². The van der Waals surface area contributed by atoms with Crippen LogP contribution in [0.2, 0.25) is 5.02 Å². The lowest BCUT2D eigenvalue weighted by molar-refractivity contribution is -0.118. The molecule has 3 aromatic rings. The zero-order chi connectivity index (χ0) is 24.1. The molecule has 3 N–H and O–H groups in total. The Bertz CT molecular complexity index is 1270. The molecule has 2 aromatic carbocycles. The summed E-state index contributed by atoms with van der Waals surface area (Å²) in [7, 11) is 0. The average Bonchev–Trinajstić information content (AvgIpc) is 2.76. The van der Waals surface area contributed by atoms with Crippen LogP contribution < -0.4 is 27.2 Å². The average molecular weight is 476 g/mol. The number of anilines is 2. The van der Waals surface area contributed by atoms with Gasteiger partial charge in [0.15, 0.2) is 17.3 Å². The van der Waals surface area contributed by atoms with Crippen molar-refractivity contribution < 1.29 is 13.9 Å². The number of nitrogens with two attached hydrogens (primary N) is 1. The Morgan fingerprint density at radius 3 is 2.48 bits per heavy atom. The van der Waals surface area contributed by atoms with Gasteiger partial charge in [-0.15, -0.1) is 0 Å². The number of halogens is 2. The number of ether oxygens (including phenoxy) is 1. The van der Waals surface area contributed by atoms with Gasteiger partial charge in [0.1, 0.15) is 0 Å². The Labute approximate surface area is 193 Å². The first-order valence-electron chi connectivity index (χ1n) is 10.1. The number of nitrogens with one attached hydrogen (secondary N) is 1. The molecule has 0 atom stereocenters. The molecule has 3 rings (SSSR count). The molecule has 1 heterocycles. The van der Waals surface area contributed by atoms with E-state index in [-0.39, 0.29) is 36.6 Å². The first-order valence-corrected chi connectivity index (χ1v) is 10.5. The SMILES string of the molecule is CC(C)Oc1ccc(Nc2nc(=O)n(CC(=O)CN)c(=O)n2Cc2ccc(Cl)cc2)cc1F. The molecule has 0 bridgehead atoms. The van der Waals surface area contributed by atoms with Crippen LogP contribution >= 0.6 is 11.6 Å². The van der Waals surface area contributed by atoms with Gasteiger partial charge in [-0.3, -0.25) is 9.36 Å². The molecule has 0 radical (unpaired) electrons. The lowest BCUT2D eigenvalue weighted by atomic mass is 10.2. The quantitative estimate of drug-likeness (QED) is 0.487. The summed E-state index contributed by atoms with van der Waals surface area (Å²) in [5, 5.41) is 3.32. The lowest BCUT2D eigenvalue weighted by Gasteiger charge is -2.16. The predicted octanol–water partition coefficient (Wildman–Crippen LogP) is 2.30. The summed E-state index contributed by atoms with van der Waals surface area (Å²) in [4.78, 5) is 41.3.